The number of H-pyrrole nitrogens is 1. The Morgan fingerprint density at radius 3 is 2.42 bits per heavy atom. The van der Waals surface area contributed by atoms with Crippen LogP contribution >= 0.6 is 0 Å². The number of ether oxygens (including phenoxy) is 2. The summed E-state index contributed by atoms with van der Waals surface area (Å²) in [5.41, 5.74) is 3.42. The summed E-state index contributed by atoms with van der Waals surface area (Å²) in [6.45, 7) is 4.98. The van der Waals surface area contributed by atoms with E-state index in [4.69, 9.17) is 14.6 Å². The number of aliphatic hydroxyl groups is 1. The third kappa shape index (κ3) is 7.25. The largest absolute Gasteiger partial charge is 0.497 e. The van der Waals surface area contributed by atoms with E-state index in [9.17, 15) is 15.0 Å². The molecule has 4 aromatic rings. The molecule has 0 radical (unpaired) electrons. The average Bonchev–Trinajstić information content (AvgIpc) is 3.65. The standard InChI is InChI=1S/C33H41N5O5/c1-4-19-33(41,5-2)22-37-20-18-29(35-37)26-10-8-24(9-11-26)25-12-16-28(17-13-25)43-31-30(32(39)40)34-36-38(31)21-23-6-14-27(42-3)15-7-23/h6-11,14-15,18,20,25,28,41H,4-5,12-13,16-17,19,21-22H2,1-3H3,(H,39,40)/p+1. The quantitative estimate of drug-likeness (QED) is 0.180. The second-order valence-electron chi connectivity index (χ2n) is 11.5. The Kier molecular flexibility index (Phi) is 9.45. The van der Waals surface area contributed by atoms with Crippen molar-refractivity contribution in [1.82, 2.24) is 20.1 Å². The van der Waals surface area contributed by atoms with E-state index in [-0.39, 0.29) is 17.7 Å². The zero-order chi connectivity index (χ0) is 30.4. The number of aromatic nitrogens is 5. The molecule has 0 spiro atoms. The molecule has 43 heavy (non-hydrogen) atoms. The third-order valence-corrected chi connectivity index (χ3v) is 8.54. The number of aromatic carboxylic acids is 1. The van der Waals surface area contributed by atoms with Gasteiger partial charge in [-0.3, -0.25) is 4.68 Å². The lowest BCUT2D eigenvalue weighted by molar-refractivity contribution is -0.750. The van der Waals surface area contributed by atoms with Gasteiger partial charge in [0.25, 0.3) is 0 Å². The van der Waals surface area contributed by atoms with Crippen LogP contribution in [0, 0.1) is 0 Å². The van der Waals surface area contributed by atoms with Gasteiger partial charge in [0.1, 0.15) is 18.4 Å². The van der Waals surface area contributed by atoms with Crippen molar-refractivity contribution in [1.29, 1.82) is 0 Å². The van der Waals surface area contributed by atoms with Crippen molar-refractivity contribution in [3.63, 3.8) is 0 Å². The SMILES string of the molecule is CCCC(O)(CC)Cn1ccc(-c2ccc(C3CCC(Oc4c(C(=O)O)[nH]n[n+]4Cc4ccc(OC)cc4)CC3)cc2)n1. The van der Waals surface area contributed by atoms with Crippen molar-refractivity contribution < 1.29 is 29.2 Å². The number of hydrogen-bond acceptors (Lipinski definition) is 6. The van der Waals surface area contributed by atoms with Crippen LogP contribution in [0.25, 0.3) is 11.3 Å². The number of carbonyl (C=O) groups is 1. The van der Waals surface area contributed by atoms with E-state index < -0.39 is 11.6 Å². The van der Waals surface area contributed by atoms with Crippen LogP contribution in [0.15, 0.2) is 60.8 Å². The van der Waals surface area contributed by atoms with Crippen LogP contribution in [0.3, 0.4) is 0 Å². The van der Waals surface area contributed by atoms with Crippen molar-refractivity contribution in [3.05, 3.63) is 77.6 Å². The number of carboxylic acid groups (broad SMARTS) is 1. The molecule has 3 N–H and O–H groups in total. The van der Waals surface area contributed by atoms with E-state index in [1.165, 1.54) is 5.56 Å². The molecule has 2 aromatic heterocycles. The first kappa shape index (κ1) is 30.3. The first-order chi connectivity index (χ1) is 20.8. The molecule has 0 aliphatic heterocycles. The monoisotopic (exact) mass is 588 g/mol. The van der Waals surface area contributed by atoms with Crippen LogP contribution in [0.2, 0.25) is 0 Å². The lowest BCUT2D eigenvalue weighted by Gasteiger charge is -2.28. The number of aromatic amines is 1. The van der Waals surface area contributed by atoms with Crippen LogP contribution in [0.4, 0.5) is 0 Å². The zero-order valence-electron chi connectivity index (χ0n) is 25.2. The van der Waals surface area contributed by atoms with Crippen LogP contribution < -0.4 is 14.2 Å². The summed E-state index contributed by atoms with van der Waals surface area (Å²) in [7, 11) is 1.62. The fourth-order valence-corrected chi connectivity index (χ4v) is 5.94. The summed E-state index contributed by atoms with van der Waals surface area (Å²) in [4.78, 5) is 11.9. The molecule has 2 heterocycles. The summed E-state index contributed by atoms with van der Waals surface area (Å²) in [6.07, 6.45) is 7.78. The van der Waals surface area contributed by atoms with E-state index in [1.807, 2.05) is 48.1 Å². The van der Waals surface area contributed by atoms with Crippen LogP contribution in [0.1, 0.15) is 86.3 Å². The van der Waals surface area contributed by atoms with E-state index in [2.05, 4.69) is 41.5 Å². The van der Waals surface area contributed by atoms with Gasteiger partial charge in [0.05, 0.1) is 30.2 Å². The minimum absolute atomic E-state index is 0.0431. The van der Waals surface area contributed by atoms with E-state index in [0.717, 1.165) is 61.1 Å². The van der Waals surface area contributed by atoms with E-state index in [0.29, 0.717) is 25.4 Å². The highest BCUT2D eigenvalue weighted by Gasteiger charge is 2.32. The maximum atomic E-state index is 11.9. The molecule has 1 fully saturated rings. The molecule has 1 saturated carbocycles. The van der Waals surface area contributed by atoms with Crippen LogP contribution in [-0.2, 0) is 13.1 Å². The van der Waals surface area contributed by atoms with E-state index >= 15 is 0 Å². The number of nitrogens with one attached hydrogen (secondary N) is 1. The molecule has 10 heteroatoms. The summed E-state index contributed by atoms with van der Waals surface area (Å²) < 4.78 is 14.9. The van der Waals surface area contributed by atoms with Crippen molar-refractivity contribution in [2.75, 3.05) is 7.11 Å². The first-order valence-corrected chi connectivity index (χ1v) is 15.2. The normalized spacial score (nSPS) is 18.2. The van der Waals surface area contributed by atoms with Crippen molar-refractivity contribution >= 4 is 5.97 Å². The minimum Gasteiger partial charge on any atom is -0.497 e. The molecule has 0 amide bonds. The Morgan fingerprint density at radius 2 is 1.79 bits per heavy atom. The van der Waals surface area contributed by atoms with Gasteiger partial charge in [-0.2, -0.15) is 5.10 Å². The molecule has 2 aromatic carbocycles. The van der Waals surface area contributed by atoms with Gasteiger partial charge in [0.2, 0.25) is 0 Å². The maximum Gasteiger partial charge on any atom is 0.386 e. The Hall–Kier alpha value is -4.18. The van der Waals surface area contributed by atoms with Gasteiger partial charge in [-0.15, -0.1) is 5.10 Å². The highest BCUT2D eigenvalue weighted by atomic mass is 16.5. The molecule has 1 unspecified atom stereocenters. The molecule has 228 valence electrons. The molecular weight excluding hydrogens is 546 g/mol. The first-order valence-electron chi connectivity index (χ1n) is 15.2. The number of benzene rings is 2. The Balaban J connectivity index is 1.19. The second kappa shape index (κ2) is 13.4. The van der Waals surface area contributed by atoms with Crippen molar-refractivity contribution in [3.8, 4) is 22.9 Å². The summed E-state index contributed by atoms with van der Waals surface area (Å²) in [5, 5.41) is 32.1. The van der Waals surface area contributed by atoms with Gasteiger partial charge in [-0.05, 0) is 73.8 Å². The summed E-state index contributed by atoms with van der Waals surface area (Å²) in [6, 6.07) is 18.2. The summed E-state index contributed by atoms with van der Waals surface area (Å²) in [5.74, 6) is 0.318. The Bertz CT molecular complexity index is 1490. The highest BCUT2D eigenvalue weighted by Crippen LogP contribution is 2.35. The van der Waals surface area contributed by atoms with Gasteiger partial charge >= 0.3 is 17.5 Å². The number of carboxylic acids is 1. The minimum atomic E-state index is -1.10. The molecule has 1 aliphatic carbocycles. The molecular formula is C33H42N5O5+. The topological polar surface area (TPSA) is 126 Å². The van der Waals surface area contributed by atoms with Gasteiger partial charge in [-0.1, -0.05) is 61.3 Å². The number of nitrogens with zero attached hydrogens (tertiary/aromatic N) is 4. The molecule has 1 aliphatic rings. The lowest BCUT2D eigenvalue weighted by Crippen LogP contribution is -2.40. The fourth-order valence-electron chi connectivity index (χ4n) is 5.94. The fraction of sp³-hybridized carbons (Fsp3) is 0.455. The Labute approximate surface area is 252 Å². The van der Waals surface area contributed by atoms with Crippen molar-refractivity contribution in [2.24, 2.45) is 0 Å². The van der Waals surface area contributed by atoms with E-state index in [1.54, 1.807) is 11.8 Å². The molecule has 0 saturated heterocycles. The number of methoxy groups -OCH3 is 1. The maximum absolute atomic E-state index is 11.9. The Morgan fingerprint density at radius 1 is 1.07 bits per heavy atom. The molecule has 10 nitrogen and oxygen atoms in total. The second-order valence-corrected chi connectivity index (χ2v) is 11.5. The number of hydrogen-bond donors (Lipinski definition) is 3. The highest BCUT2D eigenvalue weighted by molar-refractivity contribution is 5.87. The van der Waals surface area contributed by atoms with Gasteiger partial charge < -0.3 is 19.7 Å². The zero-order valence-corrected chi connectivity index (χ0v) is 25.2. The average molecular weight is 589 g/mol. The molecule has 0 bridgehead atoms. The lowest BCUT2D eigenvalue weighted by atomic mass is 9.82. The molecule has 1 atom stereocenters. The van der Waals surface area contributed by atoms with Gasteiger partial charge in [0, 0.05) is 11.8 Å². The smallest absolute Gasteiger partial charge is 0.386 e. The van der Waals surface area contributed by atoms with Gasteiger partial charge in [0.15, 0.2) is 0 Å². The van der Waals surface area contributed by atoms with Crippen LogP contribution in [-0.4, -0.2) is 55.1 Å². The predicted octanol–water partition coefficient (Wildman–Crippen LogP) is 5.36. The summed E-state index contributed by atoms with van der Waals surface area (Å²) >= 11 is 0. The van der Waals surface area contributed by atoms with Crippen molar-refractivity contribution in [2.45, 2.75) is 89.5 Å². The third-order valence-electron chi connectivity index (χ3n) is 8.54. The van der Waals surface area contributed by atoms with Crippen LogP contribution in [0.5, 0.6) is 11.6 Å². The molecule has 5 rings (SSSR count). The predicted molar refractivity (Wildman–Crippen MR) is 161 cm³/mol. The number of rotatable bonds is 13. The van der Waals surface area contributed by atoms with Gasteiger partial charge in [-0.25, -0.2) is 4.79 Å².